The number of aliphatic imine (C=N–C) groups is 1. The molecule has 152 valence electrons. The third kappa shape index (κ3) is 8.22. The molecule has 0 saturated heterocycles. The Hall–Kier alpha value is -0.870. The molecule has 1 unspecified atom stereocenters. The Labute approximate surface area is 176 Å². The second kappa shape index (κ2) is 12.5. The first-order valence-electron chi connectivity index (χ1n) is 9.11. The molecule has 1 heterocycles. The van der Waals surface area contributed by atoms with Gasteiger partial charge in [-0.2, -0.15) is 5.10 Å². The Kier molecular flexibility index (Phi) is 12.1. The highest BCUT2D eigenvalue weighted by Crippen LogP contribution is 2.15. The van der Waals surface area contributed by atoms with Crippen LogP contribution in [0.1, 0.15) is 39.3 Å². The minimum atomic E-state index is 0. The van der Waals surface area contributed by atoms with Crippen molar-refractivity contribution in [3.8, 4) is 0 Å². The van der Waals surface area contributed by atoms with Gasteiger partial charge in [0.05, 0.1) is 12.2 Å². The van der Waals surface area contributed by atoms with E-state index >= 15 is 0 Å². The van der Waals surface area contributed by atoms with Crippen molar-refractivity contribution in [2.75, 3.05) is 40.8 Å². The van der Waals surface area contributed by atoms with E-state index < -0.39 is 0 Å². The van der Waals surface area contributed by atoms with Gasteiger partial charge in [-0.3, -0.25) is 14.6 Å². The molecule has 8 heteroatoms. The van der Waals surface area contributed by atoms with Crippen LogP contribution in [-0.4, -0.2) is 78.4 Å². The maximum absolute atomic E-state index is 4.34. The van der Waals surface area contributed by atoms with E-state index in [0.717, 1.165) is 25.6 Å². The van der Waals surface area contributed by atoms with Gasteiger partial charge in [0.1, 0.15) is 0 Å². The van der Waals surface area contributed by atoms with Crippen LogP contribution in [0, 0.1) is 0 Å². The standard InChI is InChI=1S/C18H37N7.HI/c1-14(2)25(15(3)4)10-9-20-18(19-5)21-12-17(23(6)7)16-11-22-24(8)13-16;/h11,13-15,17H,9-10,12H2,1-8H3,(H2,19,20,21);1H. The van der Waals surface area contributed by atoms with Crippen molar-refractivity contribution in [2.24, 2.45) is 12.0 Å². The lowest BCUT2D eigenvalue weighted by Gasteiger charge is -2.31. The van der Waals surface area contributed by atoms with Gasteiger partial charge in [-0.1, -0.05) is 0 Å². The summed E-state index contributed by atoms with van der Waals surface area (Å²) in [5, 5.41) is 11.1. The zero-order valence-corrected chi connectivity index (χ0v) is 20.0. The molecule has 0 amide bonds. The van der Waals surface area contributed by atoms with Gasteiger partial charge in [0.15, 0.2) is 5.96 Å². The van der Waals surface area contributed by atoms with Crippen molar-refractivity contribution in [1.82, 2.24) is 30.2 Å². The predicted octanol–water partition coefficient (Wildman–Crippen LogP) is 1.92. The summed E-state index contributed by atoms with van der Waals surface area (Å²) >= 11 is 0. The molecule has 1 rings (SSSR count). The third-order valence-electron chi connectivity index (χ3n) is 4.41. The van der Waals surface area contributed by atoms with Crippen LogP contribution < -0.4 is 10.6 Å². The highest BCUT2D eigenvalue weighted by molar-refractivity contribution is 14.0. The minimum absolute atomic E-state index is 0. The fraction of sp³-hybridized carbons (Fsp3) is 0.778. The molecule has 0 bridgehead atoms. The summed E-state index contributed by atoms with van der Waals surface area (Å²) in [6, 6.07) is 1.33. The van der Waals surface area contributed by atoms with Crippen LogP contribution in [0.4, 0.5) is 0 Å². The second-order valence-electron chi connectivity index (χ2n) is 7.23. The SMILES string of the molecule is CN=C(NCCN(C(C)C)C(C)C)NCC(c1cnn(C)c1)N(C)C.I. The Morgan fingerprint density at radius 1 is 1.19 bits per heavy atom. The average molecular weight is 479 g/mol. The topological polar surface area (TPSA) is 60.7 Å². The molecule has 26 heavy (non-hydrogen) atoms. The molecule has 0 fully saturated rings. The molecule has 0 saturated carbocycles. The van der Waals surface area contributed by atoms with Gasteiger partial charge in [-0.05, 0) is 41.8 Å². The maximum atomic E-state index is 4.34. The van der Waals surface area contributed by atoms with Crippen LogP contribution in [-0.2, 0) is 7.05 Å². The van der Waals surface area contributed by atoms with Gasteiger partial charge in [-0.15, -0.1) is 24.0 Å². The van der Waals surface area contributed by atoms with Crippen molar-refractivity contribution in [3.05, 3.63) is 18.0 Å². The van der Waals surface area contributed by atoms with Crippen LogP contribution in [0.2, 0.25) is 0 Å². The Morgan fingerprint density at radius 3 is 2.23 bits per heavy atom. The third-order valence-corrected chi connectivity index (χ3v) is 4.41. The normalized spacial score (nSPS) is 13.5. The minimum Gasteiger partial charge on any atom is -0.355 e. The first-order chi connectivity index (χ1) is 11.8. The summed E-state index contributed by atoms with van der Waals surface area (Å²) in [5.41, 5.74) is 1.20. The number of aromatic nitrogens is 2. The highest BCUT2D eigenvalue weighted by atomic mass is 127. The molecular weight excluding hydrogens is 441 g/mol. The van der Waals surface area contributed by atoms with Crippen molar-refractivity contribution in [3.63, 3.8) is 0 Å². The Balaban J connectivity index is 0.00000625. The summed E-state index contributed by atoms with van der Waals surface area (Å²) in [7, 11) is 7.92. The molecule has 0 radical (unpaired) electrons. The van der Waals surface area contributed by atoms with Crippen molar-refractivity contribution in [2.45, 2.75) is 45.8 Å². The molecule has 0 spiro atoms. The van der Waals surface area contributed by atoms with Crippen molar-refractivity contribution >= 4 is 29.9 Å². The fourth-order valence-electron chi connectivity index (χ4n) is 3.04. The Bertz CT molecular complexity index is 517. The van der Waals surface area contributed by atoms with E-state index in [4.69, 9.17) is 0 Å². The molecule has 1 aromatic heterocycles. The van der Waals surface area contributed by atoms with Gasteiger partial charge in [-0.25, -0.2) is 0 Å². The van der Waals surface area contributed by atoms with Crippen molar-refractivity contribution < 1.29 is 0 Å². The lowest BCUT2D eigenvalue weighted by atomic mass is 10.1. The number of hydrogen-bond acceptors (Lipinski definition) is 4. The van der Waals surface area contributed by atoms with Gasteiger partial charge in [0, 0.05) is 57.6 Å². The molecular formula is C18H38IN7. The highest BCUT2D eigenvalue weighted by Gasteiger charge is 2.17. The number of rotatable bonds is 9. The summed E-state index contributed by atoms with van der Waals surface area (Å²) in [5.74, 6) is 0.836. The van der Waals surface area contributed by atoms with E-state index in [9.17, 15) is 0 Å². The maximum Gasteiger partial charge on any atom is 0.191 e. The van der Waals surface area contributed by atoms with E-state index in [1.54, 1.807) is 0 Å². The van der Waals surface area contributed by atoms with Crippen LogP contribution in [0.5, 0.6) is 0 Å². The fourth-order valence-corrected chi connectivity index (χ4v) is 3.04. The number of halogens is 1. The first kappa shape index (κ1) is 25.1. The van der Waals surface area contributed by atoms with Crippen LogP contribution in [0.25, 0.3) is 0 Å². The second-order valence-corrected chi connectivity index (χ2v) is 7.23. The number of aryl methyl sites for hydroxylation is 1. The zero-order chi connectivity index (χ0) is 19.0. The average Bonchev–Trinajstić information content (AvgIpc) is 2.94. The van der Waals surface area contributed by atoms with Gasteiger partial charge in [0.25, 0.3) is 0 Å². The van der Waals surface area contributed by atoms with E-state index in [1.807, 2.05) is 25.0 Å². The monoisotopic (exact) mass is 479 g/mol. The molecule has 7 nitrogen and oxygen atoms in total. The van der Waals surface area contributed by atoms with E-state index in [2.05, 4.69) is 78.5 Å². The first-order valence-corrected chi connectivity index (χ1v) is 9.11. The van der Waals surface area contributed by atoms with E-state index in [0.29, 0.717) is 12.1 Å². The predicted molar refractivity (Wildman–Crippen MR) is 121 cm³/mol. The summed E-state index contributed by atoms with van der Waals surface area (Å²) in [6.45, 7) is 11.6. The smallest absolute Gasteiger partial charge is 0.191 e. The lowest BCUT2D eigenvalue weighted by Crippen LogP contribution is -2.46. The quantitative estimate of drug-likeness (QED) is 0.322. The number of nitrogens with zero attached hydrogens (tertiary/aromatic N) is 5. The van der Waals surface area contributed by atoms with Gasteiger partial charge in [0.2, 0.25) is 0 Å². The Morgan fingerprint density at radius 2 is 1.81 bits per heavy atom. The molecule has 0 aliphatic heterocycles. The van der Waals surface area contributed by atoms with Gasteiger partial charge >= 0.3 is 0 Å². The zero-order valence-electron chi connectivity index (χ0n) is 17.7. The number of guanidine groups is 1. The van der Waals surface area contributed by atoms with Crippen LogP contribution >= 0.6 is 24.0 Å². The molecule has 2 N–H and O–H groups in total. The number of hydrogen-bond donors (Lipinski definition) is 2. The van der Waals surface area contributed by atoms with Crippen LogP contribution in [0.3, 0.4) is 0 Å². The summed E-state index contributed by atoms with van der Waals surface area (Å²) in [4.78, 5) is 9.00. The summed E-state index contributed by atoms with van der Waals surface area (Å²) in [6.07, 6.45) is 3.98. The molecule has 1 aromatic rings. The van der Waals surface area contributed by atoms with E-state index in [-0.39, 0.29) is 30.0 Å². The van der Waals surface area contributed by atoms with Crippen LogP contribution in [0.15, 0.2) is 17.4 Å². The number of likely N-dealkylation sites (N-methyl/N-ethyl adjacent to an activating group) is 1. The molecule has 1 atom stereocenters. The number of nitrogens with one attached hydrogen (secondary N) is 2. The molecule has 0 aliphatic rings. The van der Waals surface area contributed by atoms with Gasteiger partial charge < -0.3 is 15.5 Å². The largest absolute Gasteiger partial charge is 0.355 e. The molecule has 0 aromatic carbocycles. The lowest BCUT2D eigenvalue weighted by molar-refractivity contribution is 0.178. The summed E-state index contributed by atoms with van der Waals surface area (Å²) < 4.78 is 1.84. The van der Waals surface area contributed by atoms with Crippen molar-refractivity contribution in [1.29, 1.82) is 0 Å². The molecule has 0 aliphatic carbocycles. The van der Waals surface area contributed by atoms with E-state index in [1.165, 1.54) is 5.56 Å².